The maximum atomic E-state index is 12.7. The molecule has 2 aromatic carbocycles. The molecule has 2 N–H and O–H groups in total. The Kier molecular flexibility index (Phi) is 6.91. The molecule has 0 radical (unpaired) electrons. The number of nitrogens with zero attached hydrogens (tertiary/aromatic N) is 2. The molecule has 1 amide bonds. The minimum Gasteiger partial charge on any atom is -0.478 e. The molecule has 0 spiro atoms. The van der Waals surface area contributed by atoms with Crippen LogP contribution in [0, 0.1) is 6.92 Å². The number of hydrogen-bond acceptors (Lipinski definition) is 4. The summed E-state index contributed by atoms with van der Waals surface area (Å²) >= 11 is 0. The van der Waals surface area contributed by atoms with Crippen molar-refractivity contribution in [1.29, 1.82) is 0 Å². The fourth-order valence-corrected chi connectivity index (χ4v) is 3.41. The molecule has 0 fully saturated rings. The number of aryl methyl sites for hydroxylation is 2. The Hall–Kier alpha value is -3.61. The summed E-state index contributed by atoms with van der Waals surface area (Å²) in [6, 6.07) is 15.5. The van der Waals surface area contributed by atoms with Crippen molar-refractivity contribution in [3.8, 4) is 17.0 Å². The van der Waals surface area contributed by atoms with Crippen LogP contribution in [0.1, 0.15) is 60.8 Å². The van der Waals surface area contributed by atoms with E-state index in [1.807, 2.05) is 32.2 Å². The maximum absolute atomic E-state index is 12.7. The standard InChI is InChI=1S/C26H31N3O4/c1-16(2)19-8-10-20(11-9-19)22-14-21(28-29(22)6)24(30)27-15-18-7-12-23(17(3)13-18)33-26(4,5)25(31)32/h7-14,16H,15H2,1-6H3,(H,27,30)(H,31,32). The van der Waals surface area contributed by atoms with Crippen LogP contribution in [0.2, 0.25) is 0 Å². The van der Waals surface area contributed by atoms with Crippen molar-refractivity contribution in [3.63, 3.8) is 0 Å². The van der Waals surface area contributed by atoms with Crippen molar-refractivity contribution in [3.05, 3.63) is 70.9 Å². The SMILES string of the molecule is Cc1cc(CNC(=O)c2cc(-c3ccc(C(C)C)cc3)n(C)n2)ccc1OC(C)(C)C(=O)O. The van der Waals surface area contributed by atoms with Crippen LogP contribution < -0.4 is 10.1 Å². The molecule has 0 saturated carbocycles. The second kappa shape index (κ2) is 9.48. The van der Waals surface area contributed by atoms with Crippen LogP contribution in [-0.4, -0.2) is 32.4 Å². The van der Waals surface area contributed by atoms with E-state index in [2.05, 4.69) is 36.4 Å². The molecule has 0 saturated heterocycles. The van der Waals surface area contributed by atoms with Gasteiger partial charge in [-0.2, -0.15) is 5.10 Å². The lowest BCUT2D eigenvalue weighted by molar-refractivity contribution is -0.152. The van der Waals surface area contributed by atoms with Gasteiger partial charge in [-0.25, -0.2) is 4.79 Å². The molecule has 1 aromatic heterocycles. The van der Waals surface area contributed by atoms with Gasteiger partial charge in [0.1, 0.15) is 5.75 Å². The molecule has 174 valence electrons. The highest BCUT2D eigenvalue weighted by Gasteiger charge is 2.29. The molecule has 7 nitrogen and oxygen atoms in total. The number of rotatable bonds is 8. The van der Waals surface area contributed by atoms with Crippen molar-refractivity contribution in [2.24, 2.45) is 7.05 Å². The molecular formula is C26H31N3O4. The summed E-state index contributed by atoms with van der Waals surface area (Å²) < 4.78 is 7.33. The third-order valence-corrected chi connectivity index (χ3v) is 5.56. The first-order chi connectivity index (χ1) is 15.5. The monoisotopic (exact) mass is 449 g/mol. The Balaban J connectivity index is 1.67. The number of aliphatic carboxylic acids is 1. The fourth-order valence-electron chi connectivity index (χ4n) is 3.41. The lowest BCUT2D eigenvalue weighted by Gasteiger charge is -2.23. The number of amides is 1. The second-order valence-electron chi connectivity index (χ2n) is 9.02. The van der Waals surface area contributed by atoms with Crippen LogP contribution >= 0.6 is 0 Å². The van der Waals surface area contributed by atoms with E-state index >= 15 is 0 Å². The van der Waals surface area contributed by atoms with Gasteiger partial charge in [0.25, 0.3) is 5.91 Å². The smallest absolute Gasteiger partial charge is 0.347 e. The average Bonchev–Trinajstić information content (AvgIpc) is 3.15. The summed E-state index contributed by atoms with van der Waals surface area (Å²) in [5.74, 6) is -0.348. The molecule has 0 aliphatic rings. The molecule has 0 aliphatic heterocycles. The molecule has 3 rings (SSSR count). The molecule has 0 aliphatic carbocycles. The quantitative estimate of drug-likeness (QED) is 0.520. The van der Waals surface area contributed by atoms with E-state index in [9.17, 15) is 14.7 Å². The van der Waals surface area contributed by atoms with Gasteiger partial charge in [0.2, 0.25) is 0 Å². The lowest BCUT2D eigenvalue weighted by atomic mass is 10.0. The molecule has 33 heavy (non-hydrogen) atoms. The van der Waals surface area contributed by atoms with Crippen LogP contribution in [0.4, 0.5) is 0 Å². The second-order valence-corrected chi connectivity index (χ2v) is 9.02. The zero-order chi connectivity index (χ0) is 24.3. The molecule has 1 heterocycles. The summed E-state index contributed by atoms with van der Waals surface area (Å²) in [6.07, 6.45) is 0. The zero-order valence-corrected chi connectivity index (χ0v) is 20.0. The van der Waals surface area contributed by atoms with Gasteiger partial charge in [-0.1, -0.05) is 50.2 Å². The minimum atomic E-state index is -1.33. The molecule has 7 heteroatoms. The lowest BCUT2D eigenvalue weighted by Crippen LogP contribution is -2.38. The van der Waals surface area contributed by atoms with Gasteiger partial charge < -0.3 is 15.2 Å². The number of carboxylic acids is 1. The third kappa shape index (κ3) is 5.61. The Morgan fingerprint density at radius 3 is 2.36 bits per heavy atom. The van der Waals surface area contributed by atoms with Crippen LogP contribution in [0.25, 0.3) is 11.3 Å². The van der Waals surface area contributed by atoms with Crippen molar-refractivity contribution in [1.82, 2.24) is 15.1 Å². The highest BCUT2D eigenvalue weighted by atomic mass is 16.5. The molecule has 0 bridgehead atoms. The van der Waals surface area contributed by atoms with Crippen LogP contribution in [-0.2, 0) is 18.4 Å². The Morgan fingerprint density at radius 1 is 1.12 bits per heavy atom. The van der Waals surface area contributed by atoms with Gasteiger partial charge in [0.15, 0.2) is 11.3 Å². The van der Waals surface area contributed by atoms with Gasteiger partial charge >= 0.3 is 5.97 Å². The summed E-state index contributed by atoms with van der Waals surface area (Å²) in [5, 5.41) is 16.5. The zero-order valence-electron chi connectivity index (χ0n) is 20.0. The summed E-state index contributed by atoms with van der Waals surface area (Å²) in [6.45, 7) is 9.47. The van der Waals surface area contributed by atoms with Crippen molar-refractivity contribution in [2.75, 3.05) is 0 Å². The van der Waals surface area contributed by atoms with Gasteiger partial charge in [-0.15, -0.1) is 0 Å². The predicted octanol–water partition coefficient (Wildman–Crippen LogP) is 4.69. The number of carbonyl (C=O) groups is 2. The van der Waals surface area contributed by atoms with E-state index in [0.29, 0.717) is 23.9 Å². The van der Waals surface area contributed by atoms with Gasteiger partial charge in [-0.3, -0.25) is 9.48 Å². The third-order valence-electron chi connectivity index (χ3n) is 5.56. The summed E-state index contributed by atoms with van der Waals surface area (Å²) in [7, 11) is 1.82. The molecule has 0 unspecified atom stereocenters. The normalized spacial score (nSPS) is 11.5. The first-order valence-corrected chi connectivity index (χ1v) is 10.9. The number of nitrogens with one attached hydrogen (secondary N) is 1. The van der Waals surface area contributed by atoms with Gasteiger partial charge in [0, 0.05) is 13.6 Å². The Labute approximate surface area is 194 Å². The number of ether oxygens (including phenoxy) is 1. The van der Waals surface area contributed by atoms with Crippen LogP contribution in [0.3, 0.4) is 0 Å². The summed E-state index contributed by atoms with van der Waals surface area (Å²) in [5.41, 5.74) is 3.82. The Morgan fingerprint density at radius 2 is 1.79 bits per heavy atom. The van der Waals surface area contributed by atoms with Gasteiger partial charge in [-0.05, 0) is 61.1 Å². The number of aromatic nitrogens is 2. The van der Waals surface area contributed by atoms with Crippen LogP contribution in [0.15, 0.2) is 48.5 Å². The molecule has 3 aromatic rings. The van der Waals surface area contributed by atoms with E-state index in [0.717, 1.165) is 22.4 Å². The highest BCUT2D eigenvalue weighted by molar-refractivity contribution is 5.93. The largest absolute Gasteiger partial charge is 0.478 e. The molecule has 0 atom stereocenters. The van der Waals surface area contributed by atoms with Crippen LogP contribution in [0.5, 0.6) is 5.75 Å². The number of carbonyl (C=O) groups excluding carboxylic acids is 1. The minimum absolute atomic E-state index is 0.263. The fraction of sp³-hybridized carbons (Fsp3) is 0.346. The first kappa shape index (κ1) is 24.0. The first-order valence-electron chi connectivity index (χ1n) is 10.9. The number of carboxylic acid groups (broad SMARTS) is 1. The number of hydrogen-bond donors (Lipinski definition) is 2. The maximum Gasteiger partial charge on any atom is 0.347 e. The van der Waals surface area contributed by atoms with E-state index in [1.54, 1.807) is 22.9 Å². The topological polar surface area (TPSA) is 93.5 Å². The van der Waals surface area contributed by atoms with E-state index in [-0.39, 0.29) is 5.91 Å². The Bertz CT molecular complexity index is 1160. The average molecular weight is 450 g/mol. The van der Waals surface area contributed by atoms with E-state index in [1.165, 1.54) is 19.4 Å². The van der Waals surface area contributed by atoms with Crippen molar-refractivity contribution < 1.29 is 19.4 Å². The number of benzene rings is 2. The van der Waals surface area contributed by atoms with Crippen molar-refractivity contribution >= 4 is 11.9 Å². The highest BCUT2D eigenvalue weighted by Crippen LogP contribution is 2.25. The van der Waals surface area contributed by atoms with E-state index < -0.39 is 11.6 Å². The van der Waals surface area contributed by atoms with E-state index in [4.69, 9.17) is 4.74 Å². The predicted molar refractivity (Wildman–Crippen MR) is 127 cm³/mol. The van der Waals surface area contributed by atoms with Crippen molar-refractivity contribution in [2.45, 2.75) is 52.7 Å². The molecular weight excluding hydrogens is 418 g/mol. The summed E-state index contributed by atoms with van der Waals surface area (Å²) in [4.78, 5) is 24.0. The van der Waals surface area contributed by atoms with Gasteiger partial charge in [0.05, 0.1) is 5.69 Å².